The van der Waals surface area contributed by atoms with Crippen molar-refractivity contribution in [3.63, 3.8) is 0 Å². The van der Waals surface area contributed by atoms with Crippen molar-refractivity contribution in [2.45, 2.75) is 23.7 Å². The molecule has 0 aliphatic carbocycles. The van der Waals surface area contributed by atoms with Gasteiger partial charge < -0.3 is 0 Å². The summed E-state index contributed by atoms with van der Waals surface area (Å²) in [5.74, 6) is 0. The maximum Gasteiger partial charge on any atom is 0.235 e. The summed E-state index contributed by atoms with van der Waals surface area (Å²) in [6, 6.07) is 0. The first-order valence-corrected chi connectivity index (χ1v) is 3.73. The predicted molar refractivity (Wildman–Crippen MR) is 40.8 cm³/mol. The number of hydrogen-bond acceptors (Lipinski definition) is 2. The number of aliphatic imine (C=N–C) groups is 1. The van der Waals surface area contributed by atoms with Gasteiger partial charge in [-0.25, -0.2) is 4.79 Å². The summed E-state index contributed by atoms with van der Waals surface area (Å²) < 4.78 is -0.327. The first-order valence-electron chi connectivity index (χ1n) is 2.38. The molecule has 52 valence electrons. The second-order valence-corrected chi connectivity index (χ2v) is 4.04. The van der Waals surface area contributed by atoms with E-state index in [1.165, 1.54) is 6.08 Å². The van der Waals surface area contributed by atoms with Crippen LogP contribution in [0.4, 0.5) is 0 Å². The molecule has 0 radical (unpaired) electrons. The first kappa shape index (κ1) is 9.15. The highest BCUT2D eigenvalue weighted by Gasteiger charge is 2.24. The fraction of sp³-hybridized carbons (Fsp3) is 0.800. The van der Waals surface area contributed by atoms with Gasteiger partial charge in [-0.1, -0.05) is 15.9 Å². The van der Waals surface area contributed by atoms with Crippen LogP contribution in [0.15, 0.2) is 4.99 Å². The quantitative estimate of drug-likeness (QED) is 0.391. The number of nitrogens with zero attached hydrogens (tertiary/aromatic N) is 1. The highest BCUT2D eigenvalue weighted by Crippen LogP contribution is 2.24. The van der Waals surface area contributed by atoms with Crippen molar-refractivity contribution in [2.75, 3.05) is 0 Å². The van der Waals surface area contributed by atoms with Crippen LogP contribution in [-0.4, -0.2) is 15.9 Å². The molecule has 0 N–H and O–H groups in total. The van der Waals surface area contributed by atoms with Gasteiger partial charge in [-0.3, -0.25) is 0 Å². The van der Waals surface area contributed by atoms with Gasteiger partial charge in [-0.05, 0) is 13.8 Å². The number of alkyl halides is 2. The van der Waals surface area contributed by atoms with Gasteiger partial charge in [0.1, 0.15) is 4.29 Å². The molecule has 0 aromatic heterocycles. The molecular weight excluding hydrogens is 205 g/mol. The Labute approximate surface area is 67.4 Å². The summed E-state index contributed by atoms with van der Waals surface area (Å²) in [7, 11) is 0. The molecular formula is C5H7BrClNO. The van der Waals surface area contributed by atoms with Crippen LogP contribution in [0, 0.1) is 0 Å². The maximum absolute atomic E-state index is 9.75. The van der Waals surface area contributed by atoms with Crippen molar-refractivity contribution in [1.82, 2.24) is 0 Å². The Morgan fingerprint density at radius 3 is 2.33 bits per heavy atom. The lowest BCUT2D eigenvalue weighted by molar-refractivity contribution is 0.531. The lowest BCUT2D eigenvalue weighted by Gasteiger charge is -2.17. The van der Waals surface area contributed by atoms with Crippen molar-refractivity contribution < 1.29 is 4.79 Å². The lowest BCUT2D eigenvalue weighted by atomic mass is 10.1. The Morgan fingerprint density at radius 2 is 2.22 bits per heavy atom. The Balaban J connectivity index is 4.18. The Morgan fingerprint density at radius 1 is 1.78 bits per heavy atom. The monoisotopic (exact) mass is 211 g/mol. The van der Waals surface area contributed by atoms with E-state index in [0.29, 0.717) is 0 Å². The van der Waals surface area contributed by atoms with E-state index in [-0.39, 0.29) is 4.29 Å². The van der Waals surface area contributed by atoms with Gasteiger partial charge in [0.2, 0.25) is 6.08 Å². The molecule has 2 nitrogen and oxygen atoms in total. The van der Waals surface area contributed by atoms with Gasteiger partial charge >= 0.3 is 0 Å². The summed E-state index contributed by atoms with van der Waals surface area (Å²) >= 11 is 8.68. The molecule has 0 saturated carbocycles. The zero-order valence-electron chi connectivity index (χ0n) is 5.19. The third-order valence-electron chi connectivity index (χ3n) is 0.868. The smallest absolute Gasteiger partial charge is 0.211 e. The topological polar surface area (TPSA) is 29.4 Å². The fourth-order valence-corrected chi connectivity index (χ4v) is 0.318. The molecule has 0 amide bonds. The first-order chi connectivity index (χ1) is 4.00. The van der Waals surface area contributed by atoms with Gasteiger partial charge in [0.05, 0.1) is 5.54 Å². The molecule has 0 aromatic carbocycles. The second-order valence-electron chi connectivity index (χ2n) is 2.16. The number of rotatable bonds is 2. The van der Waals surface area contributed by atoms with Gasteiger partial charge in [0.15, 0.2) is 0 Å². The van der Waals surface area contributed by atoms with E-state index < -0.39 is 5.54 Å². The minimum atomic E-state index is -0.566. The van der Waals surface area contributed by atoms with Crippen molar-refractivity contribution in [3.8, 4) is 0 Å². The molecule has 0 spiro atoms. The number of halogens is 2. The predicted octanol–water partition coefficient (Wildman–Crippen LogP) is 2.06. The van der Waals surface area contributed by atoms with Crippen LogP contribution in [-0.2, 0) is 4.79 Å². The maximum atomic E-state index is 9.75. The van der Waals surface area contributed by atoms with Crippen LogP contribution < -0.4 is 0 Å². The van der Waals surface area contributed by atoms with E-state index >= 15 is 0 Å². The van der Waals surface area contributed by atoms with Crippen molar-refractivity contribution in [1.29, 1.82) is 0 Å². The highest BCUT2D eigenvalue weighted by molar-refractivity contribution is 9.10. The van der Waals surface area contributed by atoms with Crippen LogP contribution in [0.2, 0.25) is 0 Å². The van der Waals surface area contributed by atoms with Crippen molar-refractivity contribution in [2.24, 2.45) is 4.99 Å². The number of isocyanates is 1. The highest BCUT2D eigenvalue weighted by atomic mass is 79.9. The standard InChI is InChI=1S/C5H7BrClNO/c1-5(2,4(6)7)8-3-9/h4H,1-2H3. The molecule has 0 rings (SSSR count). The summed E-state index contributed by atoms with van der Waals surface area (Å²) in [6.07, 6.45) is 1.45. The lowest BCUT2D eigenvalue weighted by Crippen LogP contribution is -2.24. The molecule has 1 unspecified atom stereocenters. The van der Waals surface area contributed by atoms with Gasteiger partial charge in [-0.2, -0.15) is 4.99 Å². The van der Waals surface area contributed by atoms with Crippen LogP contribution in [0.3, 0.4) is 0 Å². The van der Waals surface area contributed by atoms with Crippen LogP contribution >= 0.6 is 27.5 Å². The van der Waals surface area contributed by atoms with E-state index in [4.69, 9.17) is 11.6 Å². The molecule has 1 atom stereocenters. The summed E-state index contributed by atoms with van der Waals surface area (Å²) in [5, 5.41) is 0. The zero-order chi connectivity index (χ0) is 7.49. The minimum Gasteiger partial charge on any atom is -0.211 e. The van der Waals surface area contributed by atoms with Gasteiger partial charge in [0.25, 0.3) is 0 Å². The van der Waals surface area contributed by atoms with E-state index in [9.17, 15) is 4.79 Å². The molecule has 4 heteroatoms. The van der Waals surface area contributed by atoms with Crippen molar-refractivity contribution >= 4 is 33.6 Å². The number of carbonyl (C=O) groups excluding carboxylic acids is 1. The second kappa shape index (κ2) is 3.35. The molecule has 0 bridgehead atoms. The minimum absolute atomic E-state index is 0.327. The molecule has 0 aliphatic rings. The summed E-state index contributed by atoms with van der Waals surface area (Å²) in [6.45, 7) is 3.48. The van der Waals surface area contributed by atoms with Crippen LogP contribution in [0.25, 0.3) is 0 Å². The largest absolute Gasteiger partial charge is 0.235 e. The Kier molecular flexibility index (Phi) is 3.41. The van der Waals surface area contributed by atoms with Crippen LogP contribution in [0.5, 0.6) is 0 Å². The van der Waals surface area contributed by atoms with E-state index in [2.05, 4.69) is 20.9 Å². The van der Waals surface area contributed by atoms with Crippen molar-refractivity contribution in [3.05, 3.63) is 0 Å². The number of hydrogen-bond donors (Lipinski definition) is 0. The van der Waals surface area contributed by atoms with E-state index in [1.54, 1.807) is 13.8 Å². The van der Waals surface area contributed by atoms with E-state index in [0.717, 1.165) is 0 Å². The molecule has 0 aliphatic heterocycles. The SMILES string of the molecule is CC(C)(N=C=O)C(Cl)Br. The molecule has 0 heterocycles. The average molecular weight is 212 g/mol. The average Bonchev–Trinajstić information content (AvgIpc) is 1.65. The fourth-order valence-electron chi connectivity index (χ4n) is 0.166. The third-order valence-corrected chi connectivity index (χ3v) is 2.52. The summed E-state index contributed by atoms with van der Waals surface area (Å²) in [4.78, 5) is 13.2. The molecule has 0 saturated heterocycles. The Hall–Kier alpha value is 0.150. The molecule has 0 aromatic rings. The van der Waals surface area contributed by atoms with Gasteiger partial charge in [-0.15, -0.1) is 11.6 Å². The zero-order valence-corrected chi connectivity index (χ0v) is 7.53. The van der Waals surface area contributed by atoms with Crippen LogP contribution in [0.1, 0.15) is 13.8 Å². The molecule has 9 heavy (non-hydrogen) atoms. The normalized spacial score (nSPS) is 14.2. The van der Waals surface area contributed by atoms with Gasteiger partial charge in [0, 0.05) is 0 Å². The Bertz CT molecular complexity index is 140. The summed E-state index contributed by atoms with van der Waals surface area (Å²) in [5.41, 5.74) is -0.566. The molecule has 0 fully saturated rings. The third kappa shape index (κ3) is 2.99. The van der Waals surface area contributed by atoms with E-state index in [1.807, 2.05) is 0 Å².